The molecule has 4 heteroatoms. The molecule has 0 bridgehead atoms. The highest BCUT2D eigenvalue weighted by Crippen LogP contribution is 2.13. The molecule has 4 nitrogen and oxygen atoms in total. The molecule has 0 aliphatic carbocycles. The number of ether oxygens (including phenoxy) is 2. The van der Waals surface area contributed by atoms with Crippen LogP contribution in [0.4, 0.5) is 4.79 Å². The number of hydrogen-bond donors (Lipinski definition) is 1. The summed E-state index contributed by atoms with van der Waals surface area (Å²) in [6.07, 6.45) is -0.677. The molecule has 0 radical (unpaired) electrons. The van der Waals surface area contributed by atoms with Crippen molar-refractivity contribution in [3.05, 3.63) is 60.7 Å². The normalized spacial score (nSPS) is 9.78. The summed E-state index contributed by atoms with van der Waals surface area (Å²) in [5, 5.41) is 8.63. The van der Waals surface area contributed by atoms with Crippen LogP contribution in [0.5, 0.6) is 11.5 Å². The average molecular weight is 324 g/mol. The molecular formula is C19H28O4. The molecule has 0 fully saturated rings. The van der Waals surface area contributed by atoms with Gasteiger partial charge < -0.3 is 14.6 Å². The Hall–Kier alpha value is -2.49. The van der Waals surface area contributed by atoms with Crippen LogP contribution in [0.2, 0.25) is 0 Å². The Morgan fingerprint density at radius 2 is 1.39 bits per heavy atom. The summed E-state index contributed by atoms with van der Waals surface area (Å²) in [4.78, 5) is 11.2. The summed E-state index contributed by atoms with van der Waals surface area (Å²) in [7, 11) is 2.50. The van der Waals surface area contributed by atoms with Gasteiger partial charge in [-0.2, -0.15) is 0 Å². The molecule has 2 aromatic carbocycles. The van der Waals surface area contributed by atoms with Crippen LogP contribution in [0.3, 0.4) is 0 Å². The fourth-order valence-corrected chi connectivity index (χ4v) is 1.28. The summed E-state index contributed by atoms with van der Waals surface area (Å²) in [6.45, 7) is 5.37. The number of benzene rings is 2. The smallest absolute Gasteiger partial charge is 0.508 e. The summed E-state index contributed by atoms with van der Waals surface area (Å²) in [6, 6.07) is 17.5. The van der Waals surface area contributed by atoms with Gasteiger partial charge in [0.25, 0.3) is 0 Å². The minimum atomic E-state index is -0.677. The fourth-order valence-electron chi connectivity index (χ4n) is 1.28. The second-order valence-electron chi connectivity index (χ2n) is 5.22. The minimum absolute atomic E-state index is 0.322. The molecule has 0 saturated carbocycles. The van der Waals surface area contributed by atoms with Crippen LogP contribution in [0.15, 0.2) is 60.7 Å². The van der Waals surface area contributed by atoms with Crippen LogP contribution in [0.25, 0.3) is 0 Å². The summed E-state index contributed by atoms with van der Waals surface area (Å²) in [5.41, 5.74) is -0.522. The van der Waals surface area contributed by atoms with Crippen molar-refractivity contribution in [2.24, 2.45) is 0 Å². The first kappa shape index (κ1) is 18.6. The quantitative estimate of drug-likeness (QED) is 0.543. The van der Waals surface area contributed by atoms with E-state index < -0.39 is 11.8 Å². The number of phenolic OH excluding ortho intramolecular Hbond substituents is 1. The largest absolute Gasteiger partial charge is 0.514 e. The molecule has 23 heavy (non-hydrogen) atoms. The van der Waals surface area contributed by atoms with Gasteiger partial charge in [0.2, 0.25) is 0 Å². The van der Waals surface area contributed by atoms with Crippen LogP contribution in [-0.2, 0) is 4.74 Å². The lowest BCUT2D eigenvalue weighted by Crippen LogP contribution is -2.25. The third kappa shape index (κ3) is 11.8. The van der Waals surface area contributed by atoms with Gasteiger partial charge >= 0.3 is 6.16 Å². The second kappa shape index (κ2) is 11.1. The zero-order valence-corrected chi connectivity index (χ0v) is 14.4. The van der Waals surface area contributed by atoms with E-state index >= 15 is 0 Å². The Labute approximate surface area is 142 Å². The molecule has 128 valence electrons. The maximum absolute atomic E-state index is 11.2. The molecule has 0 heterocycles. The number of carbonyl (C=O) groups is 1. The molecule has 0 spiro atoms. The van der Waals surface area contributed by atoms with Gasteiger partial charge in [-0.25, -0.2) is 4.79 Å². The van der Waals surface area contributed by atoms with Crippen LogP contribution < -0.4 is 4.74 Å². The number of phenols is 1. The van der Waals surface area contributed by atoms with Crippen molar-refractivity contribution < 1.29 is 22.1 Å². The van der Waals surface area contributed by atoms with Gasteiger partial charge in [0.05, 0.1) is 0 Å². The molecule has 0 amide bonds. The van der Waals surface area contributed by atoms with Crippen molar-refractivity contribution in [3.8, 4) is 11.5 Å². The van der Waals surface area contributed by atoms with Gasteiger partial charge in [-0.05, 0) is 45.0 Å². The Morgan fingerprint density at radius 1 is 0.957 bits per heavy atom. The van der Waals surface area contributed by atoms with E-state index in [1.807, 2.05) is 12.1 Å². The van der Waals surface area contributed by atoms with Crippen molar-refractivity contribution in [2.45, 2.75) is 41.2 Å². The van der Waals surface area contributed by atoms with Gasteiger partial charge in [-0.3, -0.25) is 0 Å². The van der Waals surface area contributed by atoms with E-state index in [1.165, 1.54) is 14.8 Å². The van der Waals surface area contributed by atoms with Crippen molar-refractivity contribution in [3.63, 3.8) is 0 Å². The topological polar surface area (TPSA) is 55.8 Å². The maximum Gasteiger partial charge on any atom is 0.514 e. The van der Waals surface area contributed by atoms with Crippen LogP contribution in [-0.4, -0.2) is 16.9 Å². The van der Waals surface area contributed by atoms with E-state index in [4.69, 9.17) is 17.3 Å². The van der Waals surface area contributed by atoms with E-state index in [1.54, 1.807) is 69.3 Å². The molecule has 0 aromatic heterocycles. The van der Waals surface area contributed by atoms with Gasteiger partial charge in [-0.15, -0.1) is 0 Å². The molecule has 2 aromatic rings. The molecule has 0 unspecified atom stereocenters. The van der Waals surface area contributed by atoms with Crippen LogP contribution in [0.1, 0.15) is 38.3 Å². The highest BCUT2D eigenvalue weighted by atomic mass is 16.7. The molecular weight excluding hydrogens is 292 g/mol. The summed E-state index contributed by atoms with van der Waals surface area (Å²) >= 11 is 0. The molecule has 2 rings (SSSR count). The molecule has 1 N–H and O–H groups in total. The molecule has 0 aliphatic rings. The standard InChI is InChI=1S/C11H14O3.C6H6O.2CH4/c1-11(2,3)14-10(12)13-9-7-5-4-6-8-9;7-6-4-2-1-3-5-6;;/h4-8H,1-3H3;1-5,7H;2*1H4/i;;2*1T. The predicted octanol–water partition coefficient (Wildman–Crippen LogP) is 5.66. The monoisotopic (exact) mass is 324 g/mol. The number of hydrogen-bond acceptors (Lipinski definition) is 4. The summed E-state index contributed by atoms with van der Waals surface area (Å²) < 4.78 is 21.4. The first-order valence-corrected chi connectivity index (χ1v) is 6.57. The first-order chi connectivity index (χ1) is 11.9. The zero-order chi connectivity index (χ0) is 19.7. The molecule has 0 atom stereocenters. The maximum atomic E-state index is 11.2. The zero-order valence-electron chi connectivity index (χ0n) is 16.4. The minimum Gasteiger partial charge on any atom is -0.508 e. The highest BCUT2D eigenvalue weighted by molar-refractivity contribution is 5.64. The Bertz CT molecular complexity index is 540. The van der Waals surface area contributed by atoms with Crippen LogP contribution >= 0.6 is 0 Å². The number of aromatic hydroxyl groups is 1. The van der Waals surface area contributed by atoms with Gasteiger partial charge in [0.15, 0.2) is 0 Å². The van der Waals surface area contributed by atoms with Gasteiger partial charge in [0.1, 0.15) is 17.1 Å². The average Bonchev–Trinajstić information content (AvgIpc) is 2.59. The van der Waals surface area contributed by atoms with Crippen molar-refractivity contribution in [1.29, 1.82) is 0 Å². The van der Waals surface area contributed by atoms with Gasteiger partial charge in [0, 0.05) is 2.74 Å². The Balaban J connectivity index is 0. The van der Waals surface area contributed by atoms with Gasteiger partial charge in [-0.1, -0.05) is 51.2 Å². The summed E-state index contributed by atoms with van der Waals surface area (Å²) in [5.74, 6) is 0.809. The van der Waals surface area contributed by atoms with E-state index in [9.17, 15) is 4.79 Å². The Morgan fingerprint density at radius 3 is 1.74 bits per heavy atom. The van der Waals surface area contributed by atoms with Crippen molar-refractivity contribution in [2.75, 3.05) is 0 Å². The number of rotatable bonds is 1. The lowest BCUT2D eigenvalue weighted by molar-refractivity contribution is 0.0206. The highest BCUT2D eigenvalue weighted by Gasteiger charge is 2.17. The lowest BCUT2D eigenvalue weighted by atomic mass is 10.2. The van der Waals surface area contributed by atoms with E-state index in [-0.39, 0.29) is 0 Å². The lowest BCUT2D eigenvalue weighted by Gasteiger charge is -2.18. The first-order valence-electron chi connectivity index (χ1n) is 8.57. The third-order valence-electron chi connectivity index (χ3n) is 2.09. The van der Waals surface area contributed by atoms with E-state index in [0.717, 1.165) is 0 Å². The SMILES string of the molecule is CC(C)(C)OC(=O)Oc1ccccc1.Oc1ccccc1.[3H]C.[3H]C. The van der Waals surface area contributed by atoms with E-state index in [0.29, 0.717) is 11.5 Å². The number of para-hydroxylation sites is 2. The molecule has 0 aliphatic heterocycles. The van der Waals surface area contributed by atoms with Crippen molar-refractivity contribution in [1.82, 2.24) is 0 Å². The Kier molecular flexibility index (Phi) is 8.98. The second-order valence-corrected chi connectivity index (χ2v) is 5.22. The molecule has 0 saturated heterocycles. The predicted molar refractivity (Wildman–Crippen MR) is 94.9 cm³/mol. The van der Waals surface area contributed by atoms with E-state index in [2.05, 4.69) is 0 Å². The number of carbonyl (C=O) groups excluding carboxylic acids is 1. The third-order valence-corrected chi connectivity index (χ3v) is 2.09. The van der Waals surface area contributed by atoms with Crippen LogP contribution in [0, 0.1) is 0 Å². The van der Waals surface area contributed by atoms with Crippen molar-refractivity contribution >= 4 is 6.16 Å². The fraction of sp³-hybridized carbons (Fsp3) is 0.316.